The second-order valence-electron chi connectivity index (χ2n) is 7.66. The molecule has 2 rings (SSSR count). The largest absolute Gasteiger partial charge is 0.503 e. The van der Waals surface area contributed by atoms with E-state index in [1.165, 1.54) is 43.6 Å². The van der Waals surface area contributed by atoms with Gasteiger partial charge in [-0.05, 0) is 37.1 Å². The van der Waals surface area contributed by atoms with E-state index in [1.807, 2.05) is 13.8 Å². The summed E-state index contributed by atoms with van der Waals surface area (Å²) in [5.74, 6) is -2.05. The van der Waals surface area contributed by atoms with E-state index in [1.54, 1.807) is 13.8 Å². The standard InChI is InChI=1S/C23H28FNO6/c1-13(2)22(15(4)30-17-8-6-16(24)7-9-17)31-23(28)14(3)12-18(26)20-21(27)19(29-5)10-11-25-20/h6-11,13-15,22,27H,12H2,1-5H3/t14-,15+,22+/m1/s1. The van der Waals surface area contributed by atoms with E-state index in [2.05, 4.69) is 4.98 Å². The van der Waals surface area contributed by atoms with E-state index in [9.17, 15) is 19.1 Å². The number of halogens is 1. The number of nitrogens with zero attached hydrogens (tertiary/aromatic N) is 1. The highest BCUT2D eigenvalue weighted by atomic mass is 19.1. The molecule has 0 bridgehead atoms. The lowest BCUT2D eigenvalue weighted by Gasteiger charge is -2.29. The number of aromatic nitrogens is 1. The average Bonchev–Trinajstić information content (AvgIpc) is 2.73. The summed E-state index contributed by atoms with van der Waals surface area (Å²) in [6.07, 6.45) is 0.0719. The molecule has 0 aliphatic rings. The first kappa shape index (κ1) is 24.1. The quantitative estimate of drug-likeness (QED) is 0.444. The second kappa shape index (κ2) is 10.7. The summed E-state index contributed by atoms with van der Waals surface area (Å²) in [6.45, 7) is 7.10. The van der Waals surface area contributed by atoms with Crippen LogP contribution in [0, 0.1) is 17.7 Å². The Kier molecular flexibility index (Phi) is 8.36. The lowest BCUT2D eigenvalue weighted by Crippen LogP contribution is -2.39. The van der Waals surface area contributed by atoms with Gasteiger partial charge in [0, 0.05) is 18.7 Å². The zero-order valence-electron chi connectivity index (χ0n) is 18.3. The van der Waals surface area contributed by atoms with Gasteiger partial charge in [0.2, 0.25) is 0 Å². The van der Waals surface area contributed by atoms with Gasteiger partial charge in [0.15, 0.2) is 23.0 Å². The van der Waals surface area contributed by atoms with Crippen LogP contribution in [0.25, 0.3) is 0 Å². The Hall–Kier alpha value is -3.16. The summed E-state index contributed by atoms with van der Waals surface area (Å²) in [5, 5.41) is 10.1. The molecule has 0 aliphatic carbocycles. The average molecular weight is 433 g/mol. The fourth-order valence-electron chi connectivity index (χ4n) is 3.08. The zero-order chi connectivity index (χ0) is 23.1. The van der Waals surface area contributed by atoms with Crippen LogP contribution in [0.5, 0.6) is 17.2 Å². The maximum atomic E-state index is 13.1. The van der Waals surface area contributed by atoms with Crippen LogP contribution >= 0.6 is 0 Å². The second-order valence-corrected chi connectivity index (χ2v) is 7.66. The first-order valence-corrected chi connectivity index (χ1v) is 10.0. The van der Waals surface area contributed by atoms with Crippen LogP contribution in [0.2, 0.25) is 0 Å². The van der Waals surface area contributed by atoms with E-state index < -0.39 is 29.9 Å². The van der Waals surface area contributed by atoms with Crippen molar-refractivity contribution < 1.29 is 33.3 Å². The number of hydrogen-bond donors (Lipinski definition) is 1. The molecular weight excluding hydrogens is 405 g/mol. The van der Waals surface area contributed by atoms with Crippen molar-refractivity contribution >= 4 is 11.8 Å². The van der Waals surface area contributed by atoms with Crippen LogP contribution in [0.1, 0.15) is 44.6 Å². The lowest BCUT2D eigenvalue weighted by atomic mass is 10.00. The number of methoxy groups -OCH3 is 1. The van der Waals surface area contributed by atoms with Gasteiger partial charge in [0.25, 0.3) is 0 Å². The van der Waals surface area contributed by atoms with Crippen molar-refractivity contribution in [1.82, 2.24) is 4.98 Å². The summed E-state index contributed by atoms with van der Waals surface area (Å²) in [5.41, 5.74) is -0.160. The predicted molar refractivity (Wildman–Crippen MR) is 112 cm³/mol. The van der Waals surface area contributed by atoms with Crippen molar-refractivity contribution in [3.8, 4) is 17.2 Å². The monoisotopic (exact) mass is 433 g/mol. The van der Waals surface area contributed by atoms with Crippen LogP contribution in [0.3, 0.4) is 0 Å². The first-order chi connectivity index (χ1) is 14.6. The summed E-state index contributed by atoms with van der Waals surface area (Å²) in [7, 11) is 1.37. The zero-order valence-corrected chi connectivity index (χ0v) is 18.3. The molecule has 1 aromatic heterocycles. The summed E-state index contributed by atoms with van der Waals surface area (Å²) in [4.78, 5) is 29.1. The summed E-state index contributed by atoms with van der Waals surface area (Å²) in [6, 6.07) is 7.00. The molecular formula is C23H28FNO6. The van der Waals surface area contributed by atoms with Gasteiger partial charge >= 0.3 is 5.97 Å². The molecule has 31 heavy (non-hydrogen) atoms. The molecule has 1 heterocycles. The first-order valence-electron chi connectivity index (χ1n) is 10.0. The lowest BCUT2D eigenvalue weighted by molar-refractivity contribution is -0.161. The Morgan fingerprint density at radius 2 is 1.74 bits per heavy atom. The minimum Gasteiger partial charge on any atom is -0.503 e. The van der Waals surface area contributed by atoms with Crippen molar-refractivity contribution in [2.45, 2.75) is 46.3 Å². The number of Topliss-reactive ketones (excluding diaryl/α,β-unsaturated/α-hetero) is 1. The Labute approximate surface area is 181 Å². The number of hydrogen-bond acceptors (Lipinski definition) is 7. The van der Waals surface area contributed by atoms with Gasteiger partial charge in [0.1, 0.15) is 23.8 Å². The Morgan fingerprint density at radius 3 is 2.32 bits per heavy atom. The number of ether oxygens (including phenoxy) is 3. The molecule has 1 aromatic carbocycles. The molecule has 0 aliphatic heterocycles. The molecule has 0 unspecified atom stereocenters. The van der Waals surface area contributed by atoms with Gasteiger partial charge < -0.3 is 19.3 Å². The van der Waals surface area contributed by atoms with Gasteiger partial charge in [-0.3, -0.25) is 9.59 Å². The molecule has 0 spiro atoms. The number of aromatic hydroxyl groups is 1. The predicted octanol–water partition coefficient (Wildman–Crippen LogP) is 4.18. The van der Waals surface area contributed by atoms with Gasteiger partial charge in [-0.2, -0.15) is 0 Å². The van der Waals surface area contributed by atoms with Crippen molar-refractivity contribution in [3.63, 3.8) is 0 Å². The van der Waals surface area contributed by atoms with Crippen molar-refractivity contribution in [2.75, 3.05) is 7.11 Å². The normalized spacial score (nSPS) is 13.9. The Morgan fingerprint density at radius 1 is 1.10 bits per heavy atom. The number of carbonyl (C=O) groups excluding carboxylic acids is 2. The summed E-state index contributed by atoms with van der Waals surface area (Å²) >= 11 is 0. The van der Waals surface area contributed by atoms with Crippen molar-refractivity contribution in [2.24, 2.45) is 11.8 Å². The number of esters is 1. The van der Waals surface area contributed by atoms with Crippen LogP contribution in [-0.2, 0) is 9.53 Å². The molecule has 0 saturated heterocycles. The molecule has 0 amide bonds. The maximum absolute atomic E-state index is 13.1. The van der Waals surface area contributed by atoms with E-state index in [0.717, 1.165) is 0 Å². The van der Waals surface area contributed by atoms with Gasteiger partial charge in [-0.15, -0.1) is 0 Å². The Bertz CT molecular complexity index is 899. The topological polar surface area (TPSA) is 95.0 Å². The fraction of sp³-hybridized carbons (Fsp3) is 0.435. The molecule has 1 N–H and O–H groups in total. The minimum absolute atomic E-state index is 0.0635. The van der Waals surface area contributed by atoms with E-state index in [-0.39, 0.29) is 35.3 Å². The van der Waals surface area contributed by atoms with Crippen molar-refractivity contribution in [3.05, 3.63) is 48.0 Å². The molecule has 8 heteroatoms. The molecule has 0 radical (unpaired) electrons. The molecule has 0 fully saturated rings. The number of pyridine rings is 1. The number of ketones is 1. The maximum Gasteiger partial charge on any atom is 0.309 e. The highest BCUT2D eigenvalue weighted by Crippen LogP contribution is 2.29. The fourth-order valence-corrected chi connectivity index (χ4v) is 3.08. The van der Waals surface area contributed by atoms with Crippen LogP contribution in [0.15, 0.2) is 36.5 Å². The number of rotatable bonds is 10. The summed E-state index contributed by atoms with van der Waals surface area (Å²) < 4.78 is 29.5. The minimum atomic E-state index is -0.765. The van der Waals surface area contributed by atoms with Crippen LogP contribution < -0.4 is 9.47 Å². The van der Waals surface area contributed by atoms with Crippen LogP contribution in [0.4, 0.5) is 4.39 Å². The molecule has 0 saturated carbocycles. The van der Waals surface area contributed by atoms with E-state index >= 15 is 0 Å². The van der Waals surface area contributed by atoms with Crippen LogP contribution in [-0.4, -0.2) is 41.2 Å². The number of benzene rings is 1. The molecule has 7 nitrogen and oxygen atoms in total. The Balaban J connectivity index is 2.02. The third-order valence-corrected chi connectivity index (χ3v) is 4.77. The highest BCUT2D eigenvalue weighted by Gasteiger charge is 2.30. The third-order valence-electron chi connectivity index (χ3n) is 4.77. The number of carbonyl (C=O) groups is 2. The van der Waals surface area contributed by atoms with E-state index in [0.29, 0.717) is 5.75 Å². The molecule has 2 aromatic rings. The SMILES string of the molecule is COc1ccnc(C(=O)C[C@@H](C)C(=O)O[C@@H](C(C)C)[C@H](C)Oc2ccc(F)cc2)c1O. The highest BCUT2D eigenvalue weighted by molar-refractivity contribution is 5.99. The van der Waals surface area contributed by atoms with Gasteiger partial charge in [-0.1, -0.05) is 20.8 Å². The van der Waals surface area contributed by atoms with E-state index in [4.69, 9.17) is 14.2 Å². The molecule has 168 valence electrons. The molecule has 3 atom stereocenters. The third kappa shape index (κ3) is 6.41. The van der Waals surface area contributed by atoms with Gasteiger partial charge in [0.05, 0.1) is 13.0 Å². The smallest absolute Gasteiger partial charge is 0.309 e. The van der Waals surface area contributed by atoms with Crippen molar-refractivity contribution in [1.29, 1.82) is 0 Å². The van der Waals surface area contributed by atoms with Gasteiger partial charge in [-0.25, -0.2) is 9.37 Å².